The van der Waals surface area contributed by atoms with E-state index >= 15 is 0 Å². The number of piperidine rings is 1. The molecule has 2 aromatic rings. The molecule has 1 atom stereocenters. The molecule has 1 aliphatic carbocycles. The highest BCUT2D eigenvalue weighted by atomic mass is 35.5. The molecule has 4 rings (SSSR count). The number of nitrogens with zero attached hydrogens (tertiary/aromatic N) is 4. The molecule has 0 spiro atoms. The van der Waals surface area contributed by atoms with E-state index in [4.69, 9.17) is 11.6 Å². The number of pyridine rings is 1. The Labute approximate surface area is 154 Å². The number of hydrogen-bond donors (Lipinski definition) is 1. The maximum absolute atomic E-state index is 14.7. The molecular weight excluding hydrogens is 364 g/mol. The van der Waals surface area contributed by atoms with Gasteiger partial charge in [0.2, 0.25) is 5.91 Å². The van der Waals surface area contributed by atoms with Gasteiger partial charge in [-0.05, 0) is 25.3 Å². The van der Waals surface area contributed by atoms with Crippen LogP contribution in [0.1, 0.15) is 19.3 Å². The summed E-state index contributed by atoms with van der Waals surface area (Å²) in [6.45, 7) is -0.199. The molecule has 1 saturated heterocycles. The minimum absolute atomic E-state index is 0.0748. The van der Waals surface area contributed by atoms with E-state index in [0.717, 1.165) is 12.8 Å². The van der Waals surface area contributed by atoms with Gasteiger partial charge in [0, 0.05) is 25.0 Å². The summed E-state index contributed by atoms with van der Waals surface area (Å²) in [6, 6.07) is 1.77. The second kappa shape index (κ2) is 6.50. The number of anilines is 1. The van der Waals surface area contributed by atoms with Crippen molar-refractivity contribution in [3.8, 4) is 5.69 Å². The zero-order valence-corrected chi connectivity index (χ0v) is 14.7. The smallest absolute Gasteiger partial charge is 0.276 e. The van der Waals surface area contributed by atoms with Gasteiger partial charge in [-0.15, -0.1) is 0 Å². The second-order valence-corrected chi connectivity index (χ2v) is 7.21. The van der Waals surface area contributed by atoms with E-state index in [-0.39, 0.29) is 12.5 Å². The van der Waals surface area contributed by atoms with Gasteiger partial charge >= 0.3 is 0 Å². The molecule has 2 aliphatic rings. The fraction of sp³-hybridized carbons (Fsp3) is 0.471. The average Bonchev–Trinajstić information content (AvgIpc) is 3.31. The molecule has 0 radical (unpaired) electrons. The van der Waals surface area contributed by atoms with Crippen molar-refractivity contribution in [1.82, 2.24) is 20.1 Å². The van der Waals surface area contributed by atoms with Crippen molar-refractivity contribution in [3.63, 3.8) is 0 Å². The quantitative estimate of drug-likeness (QED) is 0.884. The summed E-state index contributed by atoms with van der Waals surface area (Å²) in [4.78, 5) is 17.8. The highest BCUT2D eigenvalue weighted by Gasteiger charge is 2.49. The van der Waals surface area contributed by atoms with Crippen LogP contribution >= 0.6 is 11.6 Å². The van der Waals surface area contributed by atoms with Gasteiger partial charge in [-0.1, -0.05) is 11.6 Å². The van der Waals surface area contributed by atoms with Gasteiger partial charge in [-0.25, -0.2) is 13.5 Å². The fourth-order valence-corrected chi connectivity index (χ4v) is 3.38. The third-order valence-corrected chi connectivity index (χ3v) is 4.95. The number of halogens is 3. The SMILES string of the molecule is O=C(NC1CC1)C1CCN(c2cnccc2-n2cc(Cl)cn2)CC1(F)F. The molecule has 0 bridgehead atoms. The lowest BCUT2D eigenvalue weighted by Crippen LogP contribution is -2.54. The fourth-order valence-electron chi connectivity index (χ4n) is 3.25. The van der Waals surface area contributed by atoms with Gasteiger partial charge < -0.3 is 10.2 Å². The predicted molar refractivity (Wildman–Crippen MR) is 92.8 cm³/mol. The molecule has 138 valence electrons. The molecule has 1 amide bonds. The lowest BCUT2D eigenvalue weighted by Gasteiger charge is -2.39. The molecule has 1 saturated carbocycles. The summed E-state index contributed by atoms with van der Waals surface area (Å²) in [5.74, 6) is -4.95. The average molecular weight is 382 g/mol. The first kappa shape index (κ1) is 17.2. The third kappa shape index (κ3) is 3.38. The molecule has 1 N–H and O–H groups in total. The molecule has 2 fully saturated rings. The Morgan fingerprint density at radius 2 is 2.08 bits per heavy atom. The number of alkyl halides is 2. The van der Waals surface area contributed by atoms with Crippen LogP contribution in [0.3, 0.4) is 0 Å². The van der Waals surface area contributed by atoms with Crippen molar-refractivity contribution >= 4 is 23.2 Å². The molecule has 1 aliphatic heterocycles. The van der Waals surface area contributed by atoms with E-state index in [0.29, 0.717) is 22.9 Å². The van der Waals surface area contributed by atoms with E-state index < -0.39 is 24.3 Å². The van der Waals surface area contributed by atoms with Gasteiger partial charge in [0.05, 0.1) is 35.3 Å². The standard InChI is InChI=1S/C17H18ClF2N5O/c18-11-7-22-25(9-11)14-3-5-21-8-15(14)24-6-4-13(17(19,20)10-24)16(26)23-12-1-2-12/h3,5,7-9,12-13H,1-2,4,6,10H2,(H,23,26). The molecule has 9 heteroatoms. The van der Waals surface area contributed by atoms with Crippen LogP contribution in [-0.4, -0.2) is 45.7 Å². The van der Waals surface area contributed by atoms with E-state index in [9.17, 15) is 13.6 Å². The number of hydrogen-bond acceptors (Lipinski definition) is 4. The van der Waals surface area contributed by atoms with Crippen molar-refractivity contribution in [3.05, 3.63) is 35.9 Å². The Balaban J connectivity index is 1.56. The number of aromatic nitrogens is 3. The van der Waals surface area contributed by atoms with Crippen molar-refractivity contribution in [1.29, 1.82) is 0 Å². The van der Waals surface area contributed by atoms with Crippen molar-refractivity contribution in [2.45, 2.75) is 31.2 Å². The number of amides is 1. The largest absolute Gasteiger partial charge is 0.362 e. The number of carbonyl (C=O) groups excluding carboxylic acids is 1. The minimum atomic E-state index is -3.12. The highest BCUT2D eigenvalue weighted by molar-refractivity contribution is 6.30. The zero-order chi connectivity index (χ0) is 18.3. The van der Waals surface area contributed by atoms with Gasteiger partial charge in [-0.3, -0.25) is 9.78 Å². The van der Waals surface area contributed by atoms with Crippen LogP contribution in [0.25, 0.3) is 5.69 Å². The van der Waals surface area contributed by atoms with Crippen LogP contribution in [0.4, 0.5) is 14.5 Å². The first-order valence-electron chi connectivity index (χ1n) is 8.52. The number of nitrogens with one attached hydrogen (secondary N) is 1. The number of carbonyl (C=O) groups is 1. The van der Waals surface area contributed by atoms with E-state index in [1.807, 2.05) is 0 Å². The van der Waals surface area contributed by atoms with Gasteiger partial charge in [0.1, 0.15) is 5.92 Å². The van der Waals surface area contributed by atoms with Crippen LogP contribution in [-0.2, 0) is 4.79 Å². The topological polar surface area (TPSA) is 63.1 Å². The van der Waals surface area contributed by atoms with E-state index in [1.54, 1.807) is 23.4 Å². The summed E-state index contributed by atoms with van der Waals surface area (Å²) >= 11 is 5.92. The van der Waals surface area contributed by atoms with Gasteiger partial charge in [-0.2, -0.15) is 5.10 Å². The Morgan fingerprint density at radius 1 is 1.27 bits per heavy atom. The summed E-state index contributed by atoms with van der Waals surface area (Å²) < 4.78 is 30.9. The van der Waals surface area contributed by atoms with Crippen LogP contribution in [0.2, 0.25) is 5.02 Å². The summed E-state index contributed by atoms with van der Waals surface area (Å²) in [7, 11) is 0. The summed E-state index contributed by atoms with van der Waals surface area (Å²) in [5.41, 5.74) is 1.15. The molecular formula is C17H18ClF2N5O. The molecule has 26 heavy (non-hydrogen) atoms. The maximum Gasteiger partial charge on any atom is 0.276 e. The normalized spacial score (nSPS) is 22.3. The Hall–Kier alpha value is -2.22. The predicted octanol–water partition coefficient (Wildman–Crippen LogP) is 2.66. The first-order chi connectivity index (χ1) is 12.4. The van der Waals surface area contributed by atoms with Crippen LogP contribution < -0.4 is 10.2 Å². The second-order valence-electron chi connectivity index (χ2n) is 6.77. The Morgan fingerprint density at radius 3 is 2.73 bits per heavy atom. The summed E-state index contributed by atoms with van der Waals surface area (Å²) in [6.07, 6.45) is 8.03. The monoisotopic (exact) mass is 381 g/mol. The van der Waals surface area contributed by atoms with E-state index in [1.165, 1.54) is 17.1 Å². The van der Waals surface area contributed by atoms with Crippen molar-refractivity contribution < 1.29 is 13.6 Å². The van der Waals surface area contributed by atoms with Crippen molar-refractivity contribution in [2.75, 3.05) is 18.0 Å². The molecule has 2 aromatic heterocycles. The van der Waals surface area contributed by atoms with Crippen LogP contribution in [0.5, 0.6) is 0 Å². The van der Waals surface area contributed by atoms with Crippen molar-refractivity contribution in [2.24, 2.45) is 5.92 Å². The third-order valence-electron chi connectivity index (χ3n) is 4.76. The summed E-state index contributed by atoms with van der Waals surface area (Å²) in [5, 5.41) is 7.29. The number of rotatable bonds is 4. The van der Waals surface area contributed by atoms with Gasteiger partial charge in [0.15, 0.2) is 0 Å². The lowest BCUT2D eigenvalue weighted by molar-refractivity contribution is -0.141. The Kier molecular flexibility index (Phi) is 4.30. The highest BCUT2D eigenvalue weighted by Crippen LogP contribution is 2.37. The lowest BCUT2D eigenvalue weighted by atomic mass is 9.91. The maximum atomic E-state index is 14.7. The Bertz CT molecular complexity index is 823. The van der Waals surface area contributed by atoms with Crippen LogP contribution in [0, 0.1) is 5.92 Å². The molecule has 1 unspecified atom stereocenters. The van der Waals surface area contributed by atoms with E-state index in [2.05, 4.69) is 15.4 Å². The van der Waals surface area contributed by atoms with Gasteiger partial charge in [0.25, 0.3) is 5.92 Å². The minimum Gasteiger partial charge on any atom is -0.362 e. The first-order valence-corrected chi connectivity index (χ1v) is 8.89. The zero-order valence-electron chi connectivity index (χ0n) is 13.9. The van der Waals surface area contributed by atoms with Crippen LogP contribution in [0.15, 0.2) is 30.9 Å². The molecule has 6 nitrogen and oxygen atoms in total. The molecule has 3 heterocycles. The molecule has 0 aromatic carbocycles.